The molecule has 0 aliphatic carbocycles. The molecule has 1 aliphatic heterocycles. The third-order valence-electron chi connectivity index (χ3n) is 2.31. The van der Waals surface area contributed by atoms with E-state index in [1.165, 1.54) is 0 Å². The van der Waals surface area contributed by atoms with E-state index in [9.17, 15) is 4.79 Å². The largest absolute Gasteiger partial charge is 0.479 e. The molecule has 1 saturated heterocycles. The Hall–Kier alpha value is -0.220. The summed E-state index contributed by atoms with van der Waals surface area (Å²) in [5.74, 6) is 0.238. The van der Waals surface area contributed by atoms with Gasteiger partial charge >= 0.3 is 5.97 Å². The lowest BCUT2D eigenvalue weighted by Crippen LogP contribution is -2.44. The summed E-state index contributed by atoms with van der Waals surface area (Å²) in [6, 6.07) is 0. The van der Waals surface area contributed by atoms with Crippen LogP contribution in [0.5, 0.6) is 0 Å². The van der Waals surface area contributed by atoms with E-state index < -0.39 is 10.8 Å². The van der Waals surface area contributed by atoms with Crippen molar-refractivity contribution in [1.29, 1.82) is 0 Å². The number of rotatable bonds is 5. The third-order valence-corrected chi connectivity index (χ3v) is 3.82. The van der Waals surface area contributed by atoms with E-state index in [4.69, 9.17) is 5.11 Å². The first kappa shape index (κ1) is 10.9. The topological polar surface area (TPSA) is 49.3 Å². The summed E-state index contributed by atoms with van der Waals surface area (Å²) in [6.45, 7) is 2.96. The van der Waals surface area contributed by atoms with Gasteiger partial charge in [0.05, 0.1) is 0 Å². The molecule has 2 N–H and O–H groups in total. The maximum atomic E-state index is 11.0. The van der Waals surface area contributed by atoms with E-state index in [1.54, 1.807) is 11.8 Å². The van der Waals surface area contributed by atoms with Crippen molar-refractivity contribution in [3.63, 3.8) is 0 Å². The van der Waals surface area contributed by atoms with Gasteiger partial charge in [0.25, 0.3) is 0 Å². The van der Waals surface area contributed by atoms with Crippen molar-refractivity contribution in [3.8, 4) is 0 Å². The van der Waals surface area contributed by atoms with Crippen molar-refractivity contribution in [2.45, 2.75) is 37.5 Å². The molecule has 1 aliphatic rings. The molecule has 0 unspecified atom stereocenters. The first-order valence-electron chi connectivity index (χ1n) is 4.83. The normalized spacial score (nSPS) is 27.8. The van der Waals surface area contributed by atoms with Gasteiger partial charge in [0.1, 0.15) is 0 Å². The summed E-state index contributed by atoms with van der Waals surface area (Å²) < 4.78 is 0. The molecule has 0 spiro atoms. The molecule has 1 heterocycles. The Kier molecular flexibility index (Phi) is 4.06. The van der Waals surface area contributed by atoms with Gasteiger partial charge in [-0.05, 0) is 31.6 Å². The maximum absolute atomic E-state index is 11.0. The molecule has 0 aromatic carbocycles. The fourth-order valence-electron chi connectivity index (χ4n) is 1.47. The molecule has 0 saturated carbocycles. The van der Waals surface area contributed by atoms with Crippen molar-refractivity contribution < 1.29 is 9.90 Å². The predicted molar refractivity (Wildman–Crippen MR) is 55.0 cm³/mol. The molecule has 4 heteroatoms. The minimum Gasteiger partial charge on any atom is -0.479 e. The molecule has 3 nitrogen and oxygen atoms in total. The number of carboxylic acid groups (broad SMARTS) is 1. The maximum Gasteiger partial charge on any atom is 0.334 e. The lowest BCUT2D eigenvalue weighted by atomic mass is 10.2. The van der Waals surface area contributed by atoms with Gasteiger partial charge in [-0.15, -0.1) is 11.8 Å². The Morgan fingerprint density at radius 1 is 1.69 bits per heavy atom. The Morgan fingerprint density at radius 3 is 2.92 bits per heavy atom. The van der Waals surface area contributed by atoms with E-state index in [1.807, 2.05) is 0 Å². The number of hydrogen-bond acceptors (Lipinski definition) is 3. The quantitative estimate of drug-likeness (QED) is 0.667. The van der Waals surface area contributed by atoms with Crippen molar-refractivity contribution in [2.75, 3.05) is 12.3 Å². The zero-order valence-corrected chi connectivity index (χ0v) is 8.82. The van der Waals surface area contributed by atoms with Crippen LogP contribution in [0.15, 0.2) is 0 Å². The number of thioether (sulfide) groups is 1. The highest BCUT2D eigenvalue weighted by Gasteiger charge is 2.41. The van der Waals surface area contributed by atoms with Gasteiger partial charge in [0.15, 0.2) is 4.87 Å². The fourth-order valence-corrected chi connectivity index (χ4v) is 2.87. The zero-order chi connectivity index (χ0) is 9.73. The predicted octanol–water partition coefficient (Wildman–Crippen LogP) is 1.68. The van der Waals surface area contributed by atoms with Crippen molar-refractivity contribution >= 4 is 17.7 Å². The molecule has 1 fully saturated rings. The SMILES string of the molecule is CCCCS[C@@]1(C(=O)O)CCCN1. The zero-order valence-electron chi connectivity index (χ0n) is 8.01. The summed E-state index contributed by atoms with van der Waals surface area (Å²) in [4.78, 5) is 10.4. The van der Waals surface area contributed by atoms with Crippen LogP contribution in [0, 0.1) is 0 Å². The Labute approximate surface area is 83.3 Å². The molecule has 76 valence electrons. The standard InChI is InChI=1S/C9H17NO2S/c1-2-3-7-13-9(8(11)12)5-4-6-10-9/h10H,2-7H2,1H3,(H,11,12)/t9-/m1/s1. The molecular weight excluding hydrogens is 186 g/mol. The summed E-state index contributed by atoms with van der Waals surface area (Å²) in [5.41, 5.74) is 0. The van der Waals surface area contributed by atoms with Crippen LogP contribution in [0.3, 0.4) is 0 Å². The monoisotopic (exact) mass is 203 g/mol. The van der Waals surface area contributed by atoms with Crippen LogP contribution in [0.4, 0.5) is 0 Å². The van der Waals surface area contributed by atoms with Gasteiger partial charge in [-0.1, -0.05) is 13.3 Å². The molecule has 1 atom stereocenters. The highest BCUT2D eigenvalue weighted by atomic mass is 32.2. The Bertz CT molecular complexity index is 178. The highest BCUT2D eigenvalue weighted by molar-refractivity contribution is 8.01. The van der Waals surface area contributed by atoms with Crippen LogP contribution in [0.2, 0.25) is 0 Å². The van der Waals surface area contributed by atoms with E-state index in [0.29, 0.717) is 0 Å². The van der Waals surface area contributed by atoms with Crippen molar-refractivity contribution in [1.82, 2.24) is 5.32 Å². The fraction of sp³-hybridized carbons (Fsp3) is 0.889. The average molecular weight is 203 g/mol. The smallest absolute Gasteiger partial charge is 0.334 e. The van der Waals surface area contributed by atoms with Gasteiger partial charge in [-0.25, -0.2) is 4.79 Å². The van der Waals surface area contributed by atoms with E-state index in [0.717, 1.165) is 38.0 Å². The number of nitrogens with one attached hydrogen (secondary N) is 1. The Morgan fingerprint density at radius 2 is 2.46 bits per heavy atom. The van der Waals surface area contributed by atoms with Crippen molar-refractivity contribution in [3.05, 3.63) is 0 Å². The molecule has 0 radical (unpaired) electrons. The lowest BCUT2D eigenvalue weighted by Gasteiger charge is -2.23. The number of carboxylic acids is 1. The van der Waals surface area contributed by atoms with Crippen molar-refractivity contribution in [2.24, 2.45) is 0 Å². The number of unbranched alkanes of at least 4 members (excludes halogenated alkanes) is 1. The van der Waals surface area contributed by atoms with Crippen LogP contribution in [0.25, 0.3) is 0 Å². The van der Waals surface area contributed by atoms with E-state index in [2.05, 4.69) is 12.2 Å². The molecule has 0 aromatic rings. The second kappa shape index (κ2) is 4.86. The highest BCUT2D eigenvalue weighted by Crippen LogP contribution is 2.32. The van der Waals surface area contributed by atoms with Crippen LogP contribution >= 0.6 is 11.8 Å². The molecular formula is C9H17NO2S. The molecule has 0 amide bonds. The average Bonchev–Trinajstić information content (AvgIpc) is 2.55. The molecule has 1 rings (SSSR count). The third kappa shape index (κ3) is 2.61. The van der Waals surface area contributed by atoms with Gasteiger partial charge in [0, 0.05) is 0 Å². The van der Waals surface area contributed by atoms with Crippen LogP contribution < -0.4 is 5.32 Å². The van der Waals surface area contributed by atoms with Gasteiger partial charge < -0.3 is 5.11 Å². The number of hydrogen-bond donors (Lipinski definition) is 2. The Balaban J connectivity index is 2.43. The van der Waals surface area contributed by atoms with Gasteiger partial charge in [0.2, 0.25) is 0 Å². The molecule has 13 heavy (non-hydrogen) atoms. The minimum absolute atomic E-state index is 0.671. The number of carbonyl (C=O) groups is 1. The van der Waals surface area contributed by atoms with Crippen LogP contribution in [-0.2, 0) is 4.79 Å². The first-order chi connectivity index (χ1) is 6.21. The van der Waals surface area contributed by atoms with Crippen LogP contribution in [-0.4, -0.2) is 28.2 Å². The van der Waals surface area contributed by atoms with Crippen LogP contribution in [0.1, 0.15) is 32.6 Å². The summed E-state index contributed by atoms with van der Waals surface area (Å²) in [6.07, 6.45) is 3.96. The van der Waals surface area contributed by atoms with E-state index in [-0.39, 0.29) is 0 Å². The number of aliphatic carboxylic acids is 1. The summed E-state index contributed by atoms with van der Waals surface area (Å²) in [5, 5.41) is 12.2. The second-order valence-corrected chi connectivity index (χ2v) is 4.76. The first-order valence-corrected chi connectivity index (χ1v) is 5.82. The molecule has 0 aromatic heterocycles. The minimum atomic E-state index is -0.703. The molecule has 0 bridgehead atoms. The van der Waals surface area contributed by atoms with E-state index >= 15 is 0 Å². The lowest BCUT2D eigenvalue weighted by molar-refractivity contribution is -0.140. The second-order valence-electron chi connectivity index (χ2n) is 3.36. The summed E-state index contributed by atoms with van der Waals surface area (Å²) >= 11 is 1.55. The van der Waals surface area contributed by atoms with Gasteiger partial charge in [-0.3, -0.25) is 5.32 Å². The van der Waals surface area contributed by atoms with Gasteiger partial charge in [-0.2, -0.15) is 0 Å². The summed E-state index contributed by atoms with van der Waals surface area (Å²) in [7, 11) is 0.